The molecule has 0 saturated heterocycles. The summed E-state index contributed by atoms with van der Waals surface area (Å²) in [5.41, 5.74) is 0.264. The molecule has 0 aromatic heterocycles. The van der Waals surface area contributed by atoms with Crippen molar-refractivity contribution < 1.29 is 27.8 Å². The Morgan fingerprint density at radius 1 is 0.810 bits per heavy atom. The van der Waals surface area contributed by atoms with Crippen molar-refractivity contribution in [2.24, 2.45) is 0 Å². The van der Waals surface area contributed by atoms with Crippen LogP contribution in [0.15, 0.2) is 54.6 Å². The molecule has 2 rings (SSSR count). The number of aromatic carboxylic acids is 2. The SMILES string of the molecule is N.O=C(O)c1ccccc1.O=C(O)c1ccccc1O.[Ca+2].[H-].[H-]. The van der Waals surface area contributed by atoms with Gasteiger partial charge in [-0.1, -0.05) is 30.3 Å². The molecule has 0 heterocycles. The second-order valence-electron chi connectivity index (χ2n) is 3.49. The van der Waals surface area contributed by atoms with Crippen molar-refractivity contribution in [2.75, 3.05) is 0 Å². The van der Waals surface area contributed by atoms with E-state index < -0.39 is 11.9 Å². The molecule has 0 fully saturated rings. The fraction of sp³-hybridized carbons (Fsp3) is 0. The van der Waals surface area contributed by atoms with E-state index in [-0.39, 0.29) is 58.1 Å². The Kier molecular flexibility index (Phi) is 11.5. The number of para-hydroxylation sites is 1. The number of phenols is 1. The second kappa shape index (κ2) is 11.1. The van der Waals surface area contributed by atoms with E-state index in [4.69, 9.17) is 15.3 Å². The Hall–Kier alpha value is -1.60. The van der Waals surface area contributed by atoms with E-state index in [9.17, 15) is 9.59 Å². The molecule has 0 amide bonds. The number of aromatic hydroxyl groups is 1. The zero-order valence-corrected chi connectivity index (χ0v) is 13.5. The molecule has 2 aromatic rings. The van der Waals surface area contributed by atoms with Crippen LogP contribution in [-0.4, -0.2) is 65.0 Å². The van der Waals surface area contributed by atoms with Gasteiger partial charge in [-0.2, -0.15) is 0 Å². The first-order valence-corrected chi connectivity index (χ1v) is 5.32. The quantitative estimate of drug-likeness (QED) is 0.629. The summed E-state index contributed by atoms with van der Waals surface area (Å²) in [5.74, 6) is -2.19. The predicted octanol–water partition coefficient (Wildman–Crippen LogP) is 2.48. The molecule has 0 radical (unpaired) electrons. The van der Waals surface area contributed by atoms with Crippen molar-refractivity contribution in [1.29, 1.82) is 0 Å². The minimum absolute atomic E-state index is 0. The number of hydrogen-bond acceptors (Lipinski definition) is 4. The first-order valence-electron chi connectivity index (χ1n) is 5.32. The Morgan fingerprint density at radius 3 is 1.62 bits per heavy atom. The predicted molar refractivity (Wildman–Crippen MR) is 81.5 cm³/mol. The van der Waals surface area contributed by atoms with Crippen LogP contribution in [0.5, 0.6) is 5.75 Å². The van der Waals surface area contributed by atoms with Crippen LogP contribution in [0, 0.1) is 0 Å². The summed E-state index contributed by atoms with van der Waals surface area (Å²) >= 11 is 0. The molecule has 0 aliphatic heterocycles. The van der Waals surface area contributed by atoms with E-state index >= 15 is 0 Å². The van der Waals surface area contributed by atoms with Gasteiger partial charge in [0.1, 0.15) is 11.3 Å². The summed E-state index contributed by atoms with van der Waals surface area (Å²) in [6, 6.07) is 14.1. The third kappa shape index (κ3) is 7.67. The van der Waals surface area contributed by atoms with E-state index in [1.54, 1.807) is 42.5 Å². The smallest absolute Gasteiger partial charge is 1.00 e. The summed E-state index contributed by atoms with van der Waals surface area (Å²) in [6.45, 7) is 0. The minimum atomic E-state index is -1.11. The Bertz CT molecular complexity index is 584. The molecule has 0 bridgehead atoms. The molecule has 0 aliphatic carbocycles. The van der Waals surface area contributed by atoms with Crippen molar-refractivity contribution in [3.05, 3.63) is 65.7 Å². The van der Waals surface area contributed by atoms with Crippen LogP contribution >= 0.6 is 0 Å². The van der Waals surface area contributed by atoms with Gasteiger partial charge in [0, 0.05) is 0 Å². The number of hydrogen-bond donors (Lipinski definition) is 4. The summed E-state index contributed by atoms with van der Waals surface area (Å²) in [5, 5.41) is 25.7. The molecule has 110 valence electrons. The third-order valence-corrected chi connectivity index (χ3v) is 2.16. The second-order valence-corrected chi connectivity index (χ2v) is 3.49. The van der Waals surface area contributed by atoms with Gasteiger partial charge in [0.15, 0.2) is 0 Å². The van der Waals surface area contributed by atoms with Crippen LogP contribution in [0.2, 0.25) is 0 Å². The fourth-order valence-electron chi connectivity index (χ4n) is 1.24. The van der Waals surface area contributed by atoms with Crippen molar-refractivity contribution in [1.82, 2.24) is 6.15 Å². The Labute approximate surface area is 154 Å². The topological polar surface area (TPSA) is 130 Å². The number of carboxylic acid groups (broad SMARTS) is 2. The third-order valence-electron chi connectivity index (χ3n) is 2.16. The van der Waals surface area contributed by atoms with Crippen molar-refractivity contribution in [3.8, 4) is 5.75 Å². The normalized spacial score (nSPS) is 8.19. The van der Waals surface area contributed by atoms with Crippen LogP contribution < -0.4 is 6.15 Å². The van der Waals surface area contributed by atoms with Gasteiger partial charge >= 0.3 is 49.7 Å². The maximum absolute atomic E-state index is 10.3. The van der Waals surface area contributed by atoms with E-state index in [0.29, 0.717) is 5.56 Å². The molecule has 6 N–H and O–H groups in total. The van der Waals surface area contributed by atoms with Gasteiger partial charge in [0.25, 0.3) is 0 Å². The summed E-state index contributed by atoms with van der Waals surface area (Å²) in [6.07, 6.45) is 0. The summed E-state index contributed by atoms with van der Waals surface area (Å²) in [7, 11) is 0. The average molecular weight is 319 g/mol. The van der Waals surface area contributed by atoms with Crippen LogP contribution in [0.1, 0.15) is 23.6 Å². The Balaban J connectivity index is -0.000000134. The molecule has 6 nitrogen and oxygen atoms in total. The maximum atomic E-state index is 10.3. The van der Waals surface area contributed by atoms with E-state index in [1.807, 2.05) is 0 Å². The van der Waals surface area contributed by atoms with Crippen LogP contribution in [0.25, 0.3) is 0 Å². The largest absolute Gasteiger partial charge is 2.00 e. The maximum Gasteiger partial charge on any atom is 2.00 e. The summed E-state index contributed by atoms with van der Waals surface area (Å²) in [4.78, 5) is 20.5. The molecular weight excluding hydrogens is 302 g/mol. The van der Waals surface area contributed by atoms with Crippen LogP contribution in [0.4, 0.5) is 0 Å². The van der Waals surface area contributed by atoms with Crippen LogP contribution in [0.3, 0.4) is 0 Å². The van der Waals surface area contributed by atoms with Gasteiger partial charge in [0.05, 0.1) is 5.56 Å². The number of carbonyl (C=O) groups is 2. The molecule has 0 saturated carbocycles. The standard InChI is InChI=1S/C7H6O3.C7H6O2.Ca.H3N.2H/c8-6-4-2-1-3-5(6)7(9)10;8-7(9)6-4-2-1-3-5-6;;;;/h1-4,8H,(H,9,10);1-5H,(H,8,9);;1H3;;/q;;+2;;2*-1. The van der Waals surface area contributed by atoms with Crippen LogP contribution in [-0.2, 0) is 0 Å². The molecule has 2 aromatic carbocycles. The van der Waals surface area contributed by atoms with Crippen molar-refractivity contribution >= 4 is 49.7 Å². The Morgan fingerprint density at radius 2 is 1.29 bits per heavy atom. The van der Waals surface area contributed by atoms with E-state index in [2.05, 4.69) is 0 Å². The molecule has 21 heavy (non-hydrogen) atoms. The average Bonchev–Trinajstić information content (AvgIpc) is 2.40. The molecule has 0 spiro atoms. The summed E-state index contributed by atoms with van der Waals surface area (Å²) < 4.78 is 0. The van der Waals surface area contributed by atoms with Crippen molar-refractivity contribution in [3.63, 3.8) is 0 Å². The van der Waals surface area contributed by atoms with Gasteiger partial charge in [-0.15, -0.1) is 0 Å². The molecule has 0 atom stereocenters. The monoisotopic (exact) mass is 319 g/mol. The first kappa shape index (κ1) is 21.7. The van der Waals surface area contributed by atoms with Gasteiger partial charge in [0.2, 0.25) is 0 Å². The number of carboxylic acids is 2. The van der Waals surface area contributed by atoms with Gasteiger partial charge in [-0.3, -0.25) is 0 Å². The number of rotatable bonds is 2. The van der Waals surface area contributed by atoms with Gasteiger partial charge in [-0.25, -0.2) is 9.59 Å². The minimum Gasteiger partial charge on any atom is -1.00 e. The fourth-order valence-corrected chi connectivity index (χ4v) is 1.24. The zero-order valence-electron chi connectivity index (χ0n) is 13.3. The van der Waals surface area contributed by atoms with E-state index in [1.165, 1.54) is 12.1 Å². The number of benzene rings is 2. The van der Waals surface area contributed by atoms with Crippen molar-refractivity contribution in [2.45, 2.75) is 0 Å². The molecule has 7 heteroatoms. The first-order chi connectivity index (χ1) is 9.02. The molecule has 0 unspecified atom stereocenters. The molecule has 0 aliphatic rings. The van der Waals surface area contributed by atoms with E-state index in [0.717, 1.165) is 0 Å². The zero-order chi connectivity index (χ0) is 14.3. The van der Waals surface area contributed by atoms with Gasteiger partial charge < -0.3 is 24.3 Å². The molecular formula is C14H17CaNO5. The van der Waals surface area contributed by atoms with Gasteiger partial charge in [-0.05, 0) is 24.3 Å².